The molecular formula is C17H14N2O3. The molecule has 0 saturated carbocycles. The first-order valence-corrected chi connectivity index (χ1v) is 6.71. The number of carbonyl (C=O) groups is 1. The van der Waals surface area contributed by atoms with Gasteiger partial charge in [0.1, 0.15) is 16.9 Å². The van der Waals surface area contributed by atoms with Crippen LogP contribution < -0.4 is 15.6 Å². The van der Waals surface area contributed by atoms with Gasteiger partial charge in [0.2, 0.25) is 5.55 Å². The minimum absolute atomic E-state index is 0.171. The zero-order chi connectivity index (χ0) is 15.5. The molecule has 0 aliphatic carbocycles. The van der Waals surface area contributed by atoms with Gasteiger partial charge in [-0.3, -0.25) is 10.2 Å². The van der Waals surface area contributed by atoms with Crippen molar-refractivity contribution in [2.24, 2.45) is 0 Å². The van der Waals surface area contributed by atoms with Gasteiger partial charge in [0.25, 0.3) is 5.91 Å². The van der Waals surface area contributed by atoms with E-state index in [-0.39, 0.29) is 11.1 Å². The Morgan fingerprint density at radius 1 is 1.14 bits per heavy atom. The lowest BCUT2D eigenvalue weighted by Gasteiger charge is -2.10. The first kappa shape index (κ1) is 13.9. The summed E-state index contributed by atoms with van der Waals surface area (Å²) >= 11 is 0. The van der Waals surface area contributed by atoms with Crippen LogP contribution in [-0.2, 0) is 0 Å². The fourth-order valence-electron chi connectivity index (χ4n) is 2.18. The fourth-order valence-corrected chi connectivity index (χ4v) is 2.18. The zero-order valence-corrected chi connectivity index (χ0v) is 11.9. The maximum atomic E-state index is 12.4. The minimum atomic E-state index is -0.413. The van der Waals surface area contributed by atoms with Crippen LogP contribution in [0.1, 0.15) is 10.4 Å². The second-order valence-electron chi connectivity index (χ2n) is 4.68. The lowest BCUT2D eigenvalue weighted by atomic mass is 10.1. The van der Waals surface area contributed by atoms with E-state index in [2.05, 4.69) is 5.32 Å². The van der Waals surface area contributed by atoms with Crippen molar-refractivity contribution < 1.29 is 13.9 Å². The molecule has 110 valence electrons. The highest BCUT2D eigenvalue weighted by Crippen LogP contribution is 2.23. The Morgan fingerprint density at radius 2 is 1.86 bits per heavy atom. The first-order valence-electron chi connectivity index (χ1n) is 6.71. The van der Waals surface area contributed by atoms with Gasteiger partial charge in [0.05, 0.1) is 12.8 Å². The van der Waals surface area contributed by atoms with E-state index in [1.807, 2.05) is 24.3 Å². The number of anilines is 1. The average Bonchev–Trinajstić information content (AvgIpc) is 2.54. The molecule has 1 heterocycles. The van der Waals surface area contributed by atoms with Crippen LogP contribution in [0.2, 0.25) is 0 Å². The van der Waals surface area contributed by atoms with Gasteiger partial charge in [0.15, 0.2) is 0 Å². The van der Waals surface area contributed by atoms with Crippen molar-refractivity contribution in [3.8, 4) is 5.75 Å². The van der Waals surface area contributed by atoms with Gasteiger partial charge >= 0.3 is 0 Å². The van der Waals surface area contributed by atoms with E-state index in [0.29, 0.717) is 17.0 Å². The number of hydrogen-bond acceptors (Lipinski definition) is 4. The molecule has 2 aromatic carbocycles. The normalized spacial score (nSPS) is 10.4. The summed E-state index contributed by atoms with van der Waals surface area (Å²) in [6.45, 7) is 0. The Balaban J connectivity index is 1.98. The highest BCUT2D eigenvalue weighted by atomic mass is 16.5. The van der Waals surface area contributed by atoms with E-state index in [1.165, 1.54) is 7.11 Å². The van der Waals surface area contributed by atoms with Crippen molar-refractivity contribution in [1.82, 2.24) is 0 Å². The van der Waals surface area contributed by atoms with Crippen LogP contribution in [0.3, 0.4) is 0 Å². The third-order valence-corrected chi connectivity index (χ3v) is 3.28. The van der Waals surface area contributed by atoms with Gasteiger partial charge < -0.3 is 14.5 Å². The van der Waals surface area contributed by atoms with Gasteiger partial charge in [0, 0.05) is 5.39 Å². The SMILES string of the molecule is COc1ccccc1NC(=O)c1cc2ccccc2oc1=N. The number of carbonyl (C=O) groups excluding carboxylic acids is 1. The second-order valence-corrected chi connectivity index (χ2v) is 4.68. The van der Waals surface area contributed by atoms with E-state index in [0.717, 1.165) is 5.39 Å². The standard InChI is InChI=1S/C17H14N2O3/c1-21-15-9-5-3-7-13(15)19-17(20)12-10-11-6-2-4-8-14(11)22-16(12)18/h2-10,18H,1H3,(H,19,20). The number of fused-ring (bicyclic) bond motifs is 1. The molecule has 0 atom stereocenters. The maximum Gasteiger partial charge on any atom is 0.261 e. The molecule has 0 unspecified atom stereocenters. The van der Waals surface area contributed by atoms with Gasteiger partial charge in [-0.25, -0.2) is 0 Å². The summed E-state index contributed by atoms with van der Waals surface area (Å²) in [7, 11) is 1.53. The first-order chi connectivity index (χ1) is 10.7. The predicted molar refractivity (Wildman–Crippen MR) is 83.0 cm³/mol. The molecule has 5 heteroatoms. The summed E-state index contributed by atoms with van der Waals surface area (Å²) in [6, 6.07) is 16.0. The summed E-state index contributed by atoms with van der Waals surface area (Å²) < 4.78 is 10.6. The molecule has 3 rings (SSSR count). The number of methoxy groups -OCH3 is 1. The van der Waals surface area contributed by atoms with E-state index >= 15 is 0 Å². The van der Waals surface area contributed by atoms with Gasteiger partial charge in [-0.15, -0.1) is 0 Å². The molecule has 0 saturated heterocycles. The number of para-hydroxylation sites is 3. The molecule has 0 fully saturated rings. The highest BCUT2D eigenvalue weighted by Gasteiger charge is 2.13. The molecule has 3 aromatic rings. The molecule has 22 heavy (non-hydrogen) atoms. The summed E-state index contributed by atoms with van der Waals surface area (Å²) in [5.74, 6) is 0.143. The van der Waals surface area contributed by atoms with Crippen LogP contribution in [0.25, 0.3) is 11.0 Å². The predicted octanol–water partition coefficient (Wildman–Crippen LogP) is 3.17. The lowest BCUT2D eigenvalue weighted by molar-refractivity contribution is 0.102. The average molecular weight is 294 g/mol. The summed E-state index contributed by atoms with van der Waals surface area (Å²) in [5.41, 5.74) is 1.11. The van der Waals surface area contributed by atoms with Crippen LogP contribution in [-0.4, -0.2) is 13.0 Å². The number of ether oxygens (including phenoxy) is 1. The Labute approximate surface area is 126 Å². The monoisotopic (exact) mass is 294 g/mol. The van der Waals surface area contributed by atoms with E-state index in [9.17, 15) is 4.79 Å². The molecule has 1 amide bonds. The lowest BCUT2D eigenvalue weighted by Crippen LogP contribution is -2.21. The Kier molecular flexibility index (Phi) is 3.62. The summed E-state index contributed by atoms with van der Waals surface area (Å²) in [6.07, 6.45) is 0. The highest BCUT2D eigenvalue weighted by molar-refractivity contribution is 6.06. The molecule has 5 nitrogen and oxygen atoms in total. The molecule has 1 aromatic heterocycles. The Bertz CT molecular complexity index is 900. The third-order valence-electron chi connectivity index (χ3n) is 3.28. The topological polar surface area (TPSA) is 75.3 Å². The van der Waals surface area contributed by atoms with Crippen molar-refractivity contribution in [2.75, 3.05) is 12.4 Å². The maximum absolute atomic E-state index is 12.4. The van der Waals surface area contributed by atoms with Crippen LogP contribution >= 0.6 is 0 Å². The van der Waals surface area contributed by atoms with Gasteiger partial charge in [-0.2, -0.15) is 0 Å². The third kappa shape index (κ3) is 2.56. The number of hydrogen-bond donors (Lipinski definition) is 2. The number of rotatable bonds is 3. The smallest absolute Gasteiger partial charge is 0.261 e. The molecule has 0 radical (unpaired) electrons. The molecule has 0 bridgehead atoms. The minimum Gasteiger partial charge on any atom is -0.495 e. The Morgan fingerprint density at radius 3 is 2.68 bits per heavy atom. The molecule has 0 aliphatic rings. The van der Waals surface area contributed by atoms with Crippen molar-refractivity contribution in [3.05, 3.63) is 65.7 Å². The number of benzene rings is 2. The molecule has 0 spiro atoms. The summed E-state index contributed by atoms with van der Waals surface area (Å²) in [4.78, 5) is 12.4. The van der Waals surface area contributed by atoms with Crippen molar-refractivity contribution in [1.29, 1.82) is 5.41 Å². The van der Waals surface area contributed by atoms with E-state index in [4.69, 9.17) is 14.6 Å². The quantitative estimate of drug-likeness (QED) is 0.779. The van der Waals surface area contributed by atoms with Crippen molar-refractivity contribution in [3.63, 3.8) is 0 Å². The second kappa shape index (κ2) is 5.73. The number of nitrogens with one attached hydrogen (secondary N) is 2. The molecule has 0 aliphatic heterocycles. The van der Waals surface area contributed by atoms with Crippen LogP contribution in [0.15, 0.2) is 59.0 Å². The van der Waals surface area contributed by atoms with Crippen molar-refractivity contribution in [2.45, 2.75) is 0 Å². The molecular weight excluding hydrogens is 280 g/mol. The number of amides is 1. The summed E-state index contributed by atoms with van der Waals surface area (Å²) in [5, 5.41) is 11.4. The van der Waals surface area contributed by atoms with E-state index < -0.39 is 5.91 Å². The van der Waals surface area contributed by atoms with Crippen molar-refractivity contribution >= 4 is 22.6 Å². The fraction of sp³-hybridized carbons (Fsp3) is 0.0588. The van der Waals surface area contributed by atoms with E-state index in [1.54, 1.807) is 30.3 Å². The Hall–Kier alpha value is -3.08. The van der Waals surface area contributed by atoms with Gasteiger partial charge in [-0.05, 0) is 24.3 Å². The molecule has 2 N–H and O–H groups in total. The van der Waals surface area contributed by atoms with Crippen LogP contribution in [0, 0.1) is 5.41 Å². The van der Waals surface area contributed by atoms with Crippen LogP contribution in [0.5, 0.6) is 5.75 Å². The van der Waals surface area contributed by atoms with Crippen LogP contribution in [0.4, 0.5) is 5.69 Å². The van der Waals surface area contributed by atoms with Gasteiger partial charge in [-0.1, -0.05) is 30.3 Å². The zero-order valence-electron chi connectivity index (χ0n) is 11.9. The largest absolute Gasteiger partial charge is 0.495 e.